The molecule has 0 heterocycles. The number of anilines is 1. The third-order valence-electron chi connectivity index (χ3n) is 2.94. The van der Waals surface area contributed by atoms with Gasteiger partial charge in [-0.15, -0.1) is 0 Å². The van der Waals surface area contributed by atoms with Crippen molar-refractivity contribution in [1.82, 2.24) is 5.32 Å². The van der Waals surface area contributed by atoms with Crippen LogP contribution in [0.2, 0.25) is 5.02 Å². The average Bonchev–Trinajstić information content (AvgIpc) is 2.47. The Balaban J connectivity index is 1.81. The minimum Gasteiger partial charge on any atom is -0.427 e. The number of esters is 1. The third-order valence-corrected chi connectivity index (χ3v) is 3.18. The van der Waals surface area contributed by atoms with Gasteiger partial charge in [0.25, 0.3) is 0 Å². The molecule has 0 spiro atoms. The summed E-state index contributed by atoms with van der Waals surface area (Å²) >= 11 is 5.91. The van der Waals surface area contributed by atoms with Gasteiger partial charge >= 0.3 is 12.0 Å². The van der Waals surface area contributed by atoms with Crippen LogP contribution in [0.3, 0.4) is 0 Å². The van der Waals surface area contributed by atoms with Gasteiger partial charge in [0, 0.05) is 30.2 Å². The molecule has 0 fully saturated rings. The standard InChI is InChI=1S/C17H17ClN2O3/c1-12(21)23-16-7-3-6-15(11-16)20-17(22)19-9-8-13-4-2-5-14(18)10-13/h2-7,10-11H,8-9H2,1H3,(H2,19,20,22). The predicted octanol–water partition coefficient (Wildman–Crippen LogP) is 3.63. The zero-order chi connectivity index (χ0) is 16.7. The van der Waals surface area contributed by atoms with Crippen molar-refractivity contribution in [2.45, 2.75) is 13.3 Å². The van der Waals surface area contributed by atoms with Crippen molar-refractivity contribution in [3.63, 3.8) is 0 Å². The minimum absolute atomic E-state index is 0.327. The van der Waals surface area contributed by atoms with E-state index >= 15 is 0 Å². The second-order valence-corrected chi connectivity index (χ2v) is 5.32. The van der Waals surface area contributed by atoms with Gasteiger partial charge in [-0.05, 0) is 36.2 Å². The second kappa shape index (κ2) is 8.19. The largest absolute Gasteiger partial charge is 0.427 e. The van der Waals surface area contributed by atoms with Gasteiger partial charge < -0.3 is 15.4 Å². The van der Waals surface area contributed by atoms with Crippen LogP contribution < -0.4 is 15.4 Å². The number of nitrogens with one attached hydrogen (secondary N) is 2. The molecule has 120 valence electrons. The van der Waals surface area contributed by atoms with E-state index in [2.05, 4.69) is 10.6 Å². The SMILES string of the molecule is CC(=O)Oc1cccc(NC(=O)NCCc2cccc(Cl)c2)c1. The first-order valence-electron chi connectivity index (χ1n) is 7.11. The molecule has 2 amide bonds. The van der Waals surface area contributed by atoms with Gasteiger partial charge in [-0.2, -0.15) is 0 Å². The number of hydrogen-bond donors (Lipinski definition) is 2. The van der Waals surface area contributed by atoms with Crippen LogP contribution in [0.4, 0.5) is 10.5 Å². The zero-order valence-corrected chi connectivity index (χ0v) is 13.4. The Morgan fingerprint density at radius 3 is 2.65 bits per heavy atom. The van der Waals surface area contributed by atoms with Crippen molar-refractivity contribution in [3.05, 3.63) is 59.1 Å². The van der Waals surface area contributed by atoms with E-state index in [0.29, 0.717) is 29.4 Å². The maximum Gasteiger partial charge on any atom is 0.319 e. The van der Waals surface area contributed by atoms with Crippen LogP contribution in [-0.2, 0) is 11.2 Å². The number of carbonyl (C=O) groups is 2. The lowest BCUT2D eigenvalue weighted by Crippen LogP contribution is -2.30. The molecule has 0 aromatic heterocycles. The number of ether oxygens (including phenoxy) is 1. The molecule has 2 N–H and O–H groups in total. The Kier molecular flexibility index (Phi) is 6.00. The Morgan fingerprint density at radius 1 is 1.13 bits per heavy atom. The topological polar surface area (TPSA) is 67.4 Å². The van der Waals surface area contributed by atoms with Crippen LogP contribution in [0.1, 0.15) is 12.5 Å². The molecule has 2 aromatic carbocycles. The fourth-order valence-corrected chi connectivity index (χ4v) is 2.20. The number of halogens is 1. The molecule has 2 aromatic rings. The Hall–Kier alpha value is -2.53. The van der Waals surface area contributed by atoms with Gasteiger partial charge in [-0.25, -0.2) is 4.79 Å². The fourth-order valence-electron chi connectivity index (χ4n) is 1.99. The first-order chi connectivity index (χ1) is 11.0. The maximum atomic E-state index is 11.8. The van der Waals surface area contributed by atoms with Crippen molar-refractivity contribution >= 4 is 29.3 Å². The van der Waals surface area contributed by atoms with Crippen LogP contribution in [0.5, 0.6) is 5.75 Å². The highest BCUT2D eigenvalue weighted by Crippen LogP contribution is 2.17. The lowest BCUT2D eigenvalue weighted by Gasteiger charge is -2.09. The second-order valence-electron chi connectivity index (χ2n) is 4.88. The molecule has 23 heavy (non-hydrogen) atoms. The first-order valence-corrected chi connectivity index (χ1v) is 7.48. The average molecular weight is 333 g/mol. The summed E-state index contributed by atoms with van der Waals surface area (Å²) in [7, 11) is 0. The molecule has 0 aliphatic rings. The number of carbonyl (C=O) groups excluding carboxylic acids is 2. The van der Waals surface area contributed by atoms with E-state index < -0.39 is 5.97 Å². The number of rotatable bonds is 5. The predicted molar refractivity (Wildman–Crippen MR) is 89.9 cm³/mol. The summed E-state index contributed by atoms with van der Waals surface area (Å²) in [4.78, 5) is 22.8. The van der Waals surface area contributed by atoms with Crippen molar-refractivity contribution in [2.24, 2.45) is 0 Å². The van der Waals surface area contributed by atoms with E-state index in [1.165, 1.54) is 6.92 Å². The zero-order valence-electron chi connectivity index (χ0n) is 12.6. The molecule has 0 saturated heterocycles. The molecular formula is C17H17ClN2O3. The number of amides is 2. The van der Waals surface area contributed by atoms with E-state index in [4.69, 9.17) is 16.3 Å². The highest BCUT2D eigenvalue weighted by molar-refractivity contribution is 6.30. The van der Waals surface area contributed by atoms with Crippen LogP contribution >= 0.6 is 11.6 Å². The van der Waals surface area contributed by atoms with E-state index in [1.807, 2.05) is 18.2 Å². The number of urea groups is 1. The summed E-state index contributed by atoms with van der Waals surface area (Å²) in [5, 5.41) is 6.12. The molecule has 0 bridgehead atoms. The van der Waals surface area contributed by atoms with E-state index in [-0.39, 0.29) is 6.03 Å². The monoisotopic (exact) mass is 332 g/mol. The number of benzene rings is 2. The van der Waals surface area contributed by atoms with Gasteiger partial charge in [0.1, 0.15) is 5.75 Å². The minimum atomic E-state index is -0.409. The van der Waals surface area contributed by atoms with Gasteiger partial charge in [-0.1, -0.05) is 29.8 Å². The van der Waals surface area contributed by atoms with E-state index in [1.54, 1.807) is 30.3 Å². The van der Waals surface area contributed by atoms with Crippen LogP contribution in [0.25, 0.3) is 0 Å². The normalized spacial score (nSPS) is 10.0. The fraction of sp³-hybridized carbons (Fsp3) is 0.176. The Morgan fingerprint density at radius 2 is 1.91 bits per heavy atom. The molecular weight excluding hydrogens is 316 g/mol. The van der Waals surface area contributed by atoms with Crippen LogP contribution in [0, 0.1) is 0 Å². The van der Waals surface area contributed by atoms with Crippen LogP contribution in [-0.4, -0.2) is 18.5 Å². The smallest absolute Gasteiger partial charge is 0.319 e. The molecule has 2 rings (SSSR count). The van der Waals surface area contributed by atoms with Crippen LogP contribution in [0.15, 0.2) is 48.5 Å². The molecule has 6 heteroatoms. The van der Waals surface area contributed by atoms with Gasteiger partial charge in [-0.3, -0.25) is 4.79 Å². The van der Waals surface area contributed by atoms with E-state index in [0.717, 1.165) is 5.56 Å². The summed E-state index contributed by atoms with van der Waals surface area (Å²) in [5.74, 6) is -0.0256. The van der Waals surface area contributed by atoms with Crippen molar-refractivity contribution < 1.29 is 14.3 Å². The van der Waals surface area contributed by atoms with Gasteiger partial charge in [0.05, 0.1) is 0 Å². The van der Waals surface area contributed by atoms with E-state index in [9.17, 15) is 9.59 Å². The van der Waals surface area contributed by atoms with Crippen molar-refractivity contribution in [3.8, 4) is 5.75 Å². The molecule has 0 radical (unpaired) electrons. The molecule has 0 saturated carbocycles. The summed E-state index contributed by atoms with van der Waals surface area (Å²) in [6, 6.07) is 13.8. The molecule has 0 aliphatic carbocycles. The maximum absolute atomic E-state index is 11.8. The quantitative estimate of drug-likeness (QED) is 0.649. The lowest BCUT2D eigenvalue weighted by molar-refractivity contribution is -0.131. The number of hydrogen-bond acceptors (Lipinski definition) is 3. The summed E-state index contributed by atoms with van der Waals surface area (Å²) in [5.41, 5.74) is 1.60. The molecule has 0 aliphatic heterocycles. The highest BCUT2D eigenvalue weighted by Gasteiger charge is 2.04. The first kappa shape index (κ1) is 16.8. The molecule has 0 atom stereocenters. The molecule has 5 nitrogen and oxygen atoms in total. The molecule has 0 unspecified atom stereocenters. The summed E-state index contributed by atoms with van der Waals surface area (Å²) in [6.45, 7) is 1.80. The van der Waals surface area contributed by atoms with Gasteiger partial charge in [0.2, 0.25) is 0 Å². The lowest BCUT2D eigenvalue weighted by atomic mass is 10.1. The van der Waals surface area contributed by atoms with Crippen molar-refractivity contribution in [1.29, 1.82) is 0 Å². The third kappa shape index (κ3) is 6.00. The Bertz CT molecular complexity index is 704. The Labute approximate surface area is 139 Å². The summed E-state index contributed by atoms with van der Waals surface area (Å²) in [6.07, 6.45) is 0.682. The van der Waals surface area contributed by atoms with Gasteiger partial charge in [0.15, 0.2) is 0 Å². The summed E-state index contributed by atoms with van der Waals surface area (Å²) < 4.78 is 4.96. The highest BCUT2D eigenvalue weighted by atomic mass is 35.5. The van der Waals surface area contributed by atoms with Crippen molar-refractivity contribution in [2.75, 3.05) is 11.9 Å².